The van der Waals surface area contributed by atoms with Crippen LogP contribution in [0.3, 0.4) is 0 Å². The summed E-state index contributed by atoms with van der Waals surface area (Å²) in [6.45, 7) is 0. The zero-order chi connectivity index (χ0) is 10.4. The third kappa shape index (κ3) is 2.64. The highest BCUT2D eigenvalue weighted by atomic mass is 16.3. The quantitative estimate of drug-likeness (QED) is 0.549. The van der Waals surface area contributed by atoms with Crippen LogP contribution in [-0.2, 0) is 4.79 Å². The van der Waals surface area contributed by atoms with Crippen molar-refractivity contribution in [3.63, 3.8) is 0 Å². The molecule has 0 aliphatic rings. The Hall–Kier alpha value is -2.28. The van der Waals surface area contributed by atoms with Crippen LogP contribution in [0.2, 0.25) is 0 Å². The number of carbonyl (C=O) groups excluding carboxylic acids is 1. The molecule has 0 atom stereocenters. The normalized spacial score (nSPS) is 10.4. The molecule has 1 aromatic rings. The van der Waals surface area contributed by atoms with E-state index in [4.69, 9.17) is 10.4 Å². The monoisotopic (exact) mass is 188 g/mol. The van der Waals surface area contributed by atoms with Gasteiger partial charge >= 0.3 is 0 Å². The summed E-state index contributed by atoms with van der Waals surface area (Å²) in [6, 6.07) is 8.10. The van der Waals surface area contributed by atoms with E-state index in [9.17, 15) is 4.79 Å². The molecule has 4 nitrogen and oxygen atoms in total. The average Bonchev–Trinajstić information content (AvgIpc) is 2.20. The third-order valence-corrected chi connectivity index (χ3v) is 1.54. The molecule has 0 bridgehead atoms. The van der Waals surface area contributed by atoms with Crippen LogP contribution in [0.4, 0.5) is 0 Å². The van der Waals surface area contributed by atoms with Crippen molar-refractivity contribution in [1.82, 2.24) is 5.32 Å². The maximum Gasteiger partial charge on any atom is 0.212 e. The van der Waals surface area contributed by atoms with Crippen molar-refractivity contribution in [2.75, 3.05) is 0 Å². The Kier molecular flexibility index (Phi) is 3.27. The molecule has 0 saturated heterocycles. The Labute approximate surface area is 81.1 Å². The SMILES string of the molecule is N#CC(=Cc1ccc(O)cc1)NC=O. The molecule has 14 heavy (non-hydrogen) atoms. The second-order valence-corrected chi connectivity index (χ2v) is 2.52. The molecule has 0 fully saturated rings. The summed E-state index contributed by atoms with van der Waals surface area (Å²) >= 11 is 0. The lowest BCUT2D eigenvalue weighted by Gasteiger charge is -1.96. The minimum Gasteiger partial charge on any atom is -0.508 e. The smallest absolute Gasteiger partial charge is 0.212 e. The fourth-order valence-corrected chi connectivity index (χ4v) is 0.907. The van der Waals surface area contributed by atoms with Gasteiger partial charge in [0.05, 0.1) is 0 Å². The van der Waals surface area contributed by atoms with E-state index < -0.39 is 0 Å². The van der Waals surface area contributed by atoms with Crippen LogP contribution in [-0.4, -0.2) is 11.5 Å². The van der Waals surface area contributed by atoms with E-state index in [1.807, 2.05) is 6.07 Å². The van der Waals surface area contributed by atoms with Crippen molar-refractivity contribution in [3.05, 3.63) is 35.5 Å². The molecule has 0 aliphatic carbocycles. The van der Waals surface area contributed by atoms with Crippen LogP contribution in [0.1, 0.15) is 5.56 Å². The molecule has 0 aliphatic heterocycles. The van der Waals surface area contributed by atoms with Crippen LogP contribution in [0, 0.1) is 11.3 Å². The molecule has 2 N–H and O–H groups in total. The molecule has 0 spiro atoms. The Bertz CT molecular complexity index is 388. The molecule has 1 aromatic carbocycles. The first kappa shape index (κ1) is 9.81. The second kappa shape index (κ2) is 4.67. The third-order valence-electron chi connectivity index (χ3n) is 1.54. The van der Waals surface area contributed by atoms with Gasteiger partial charge in [-0.2, -0.15) is 5.26 Å². The lowest BCUT2D eigenvalue weighted by Crippen LogP contribution is -2.07. The van der Waals surface area contributed by atoms with Gasteiger partial charge in [0.2, 0.25) is 6.41 Å². The van der Waals surface area contributed by atoms with E-state index >= 15 is 0 Å². The number of rotatable bonds is 3. The number of aromatic hydroxyl groups is 1. The van der Waals surface area contributed by atoms with Crippen molar-refractivity contribution >= 4 is 12.5 Å². The van der Waals surface area contributed by atoms with Gasteiger partial charge in [-0.3, -0.25) is 4.79 Å². The zero-order valence-electron chi connectivity index (χ0n) is 7.27. The van der Waals surface area contributed by atoms with Crippen LogP contribution in [0.15, 0.2) is 30.0 Å². The first-order valence-electron chi connectivity index (χ1n) is 3.87. The van der Waals surface area contributed by atoms with E-state index in [0.29, 0.717) is 6.41 Å². The van der Waals surface area contributed by atoms with Gasteiger partial charge in [-0.05, 0) is 23.8 Å². The van der Waals surface area contributed by atoms with Gasteiger partial charge in [-0.25, -0.2) is 0 Å². The van der Waals surface area contributed by atoms with Gasteiger partial charge < -0.3 is 10.4 Å². The highest BCUT2D eigenvalue weighted by Crippen LogP contribution is 2.11. The number of hydrogen-bond acceptors (Lipinski definition) is 3. The van der Waals surface area contributed by atoms with Gasteiger partial charge in [0, 0.05) is 0 Å². The molecule has 70 valence electrons. The molecule has 1 rings (SSSR count). The molecule has 0 heterocycles. The number of nitriles is 1. The molecule has 0 aromatic heterocycles. The number of nitrogens with one attached hydrogen (secondary N) is 1. The summed E-state index contributed by atoms with van der Waals surface area (Å²) in [4.78, 5) is 10.1. The number of hydrogen-bond donors (Lipinski definition) is 2. The topological polar surface area (TPSA) is 73.1 Å². The van der Waals surface area contributed by atoms with Crippen LogP contribution in [0.5, 0.6) is 5.75 Å². The minimum atomic E-state index is 0.156. The van der Waals surface area contributed by atoms with E-state index in [2.05, 4.69) is 5.32 Å². The van der Waals surface area contributed by atoms with Gasteiger partial charge in [0.1, 0.15) is 17.5 Å². The Morgan fingerprint density at radius 3 is 2.57 bits per heavy atom. The number of nitrogens with zero attached hydrogens (tertiary/aromatic N) is 1. The summed E-state index contributed by atoms with van der Waals surface area (Å²) in [5, 5.41) is 19.8. The molecular formula is C10H8N2O2. The minimum absolute atomic E-state index is 0.156. The Morgan fingerprint density at radius 2 is 2.07 bits per heavy atom. The van der Waals surface area contributed by atoms with Gasteiger partial charge in [-0.15, -0.1) is 0 Å². The van der Waals surface area contributed by atoms with Crippen molar-refractivity contribution in [2.45, 2.75) is 0 Å². The lowest BCUT2D eigenvalue weighted by molar-refractivity contribution is -0.108. The highest BCUT2D eigenvalue weighted by Gasteiger charge is 1.94. The number of phenolic OH excluding ortho intramolecular Hbond substituents is 1. The number of phenols is 1. The highest BCUT2D eigenvalue weighted by molar-refractivity contribution is 5.63. The number of allylic oxidation sites excluding steroid dienone is 1. The van der Waals surface area contributed by atoms with E-state index in [0.717, 1.165) is 5.56 Å². The van der Waals surface area contributed by atoms with Crippen molar-refractivity contribution in [3.8, 4) is 11.8 Å². The maximum atomic E-state index is 10.1. The second-order valence-electron chi connectivity index (χ2n) is 2.52. The zero-order valence-corrected chi connectivity index (χ0v) is 7.27. The predicted molar refractivity (Wildman–Crippen MR) is 50.9 cm³/mol. The van der Waals surface area contributed by atoms with E-state index in [1.165, 1.54) is 18.2 Å². The first-order chi connectivity index (χ1) is 6.76. The number of amides is 1. The standard InChI is InChI=1S/C10H8N2O2/c11-6-9(12-7-13)5-8-1-3-10(14)4-2-8/h1-5,7,14H,(H,12,13). The lowest BCUT2D eigenvalue weighted by atomic mass is 10.2. The van der Waals surface area contributed by atoms with Crippen molar-refractivity contribution < 1.29 is 9.90 Å². The summed E-state index contributed by atoms with van der Waals surface area (Å²) in [5.74, 6) is 0.156. The summed E-state index contributed by atoms with van der Waals surface area (Å²) in [6.07, 6.45) is 1.95. The van der Waals surface area contributed by atoms with Crippen LogP contribution >= 0.6 is 0 Å². The summed E-state index contributed by atoms with van der Waals surface area (Å²) < 4.78 is 0. The average molecular weight is 188 g/mol. The van der Waals surface area contributed by atoms with Crippen molar-refractivity contribution in [2.24, 2.45) is 0 Å². The van der Waals surface area contributed by atoms with E-state index in [-0.39, 0.29) is 11.4 Å². The molecule has 1 amide bonds. The first-order valence-corrected chi connectivity index (χ1v) is 3.87. The Morgan fingerprint density at radius 1 is 1.43 bits per heavy atom. The van der Waals surface area contributed by atoms with E-state index in [1.54, 1.807) is 12.1 Å². The number of carbonyl (C=O) groups is 1. The maximum absolute atomic E-state index is 10.1. The summed E-state index contributed by atoms with van der Waals surface area (Å²) in [5.41, 5.74) is 0.888. The van der Waals surface area contributed by atoms with Gasteiger partial charge in [-0.1, -0.05) is 12.1 Å². The summed E-state index contributed by atoms with van der Waals surface area (Å²) in [7, 11) is 0. The Balaban J connectivity index is 2.90. The van der Waals surface area contributed by atoms with Gasteiger partial charge in [0.25, 0.3) is 0 Å². The van der Waals surface area contributed by atoms with Gasteiger partial charge in [0.15, 0.2) is 0 Å². The predicted octanol–water partition coefficient (Wildman–Crippen LogP) is 1.00. The molecule has 0 unspecified atom stereocenters. The molecular weight excluding hydrogens is 180 g/mol. The van der Waals surface area contributed by atoms with Crippen LogP contribution in [0.25, 0.3) is 6.08 Å². The largest absolute Gasteiger partial charge is 0.508 e. The fourth-order valence-electron chi connectivity index (χ4n) is 0.907. The number of benzene rings is 1. The van der Waals surface area contributed by atoms with Crippen LogP contribution < -0.4 is 5.32 Å². The molecule has 0 saturated carbocycles. The fraction of sp³-hybridized carbons (Fsp3) is 0. The molecule has 0 radical (unpaired) electrons. The molecule has 4 heteroatoms. The van der Waals surface area contributed by atoms with Crippen molar-refractivity contribution in [1.29, 1.82) is 5.26 Å².